The molecule has 6 heteroatoms. The highest BCUT2D eigenvalue weighted by Crippen LogP contribution is 2.21. The summed E-state index contributed by atoms with van der Waals surface area (Å²) in [5, 5.41) is 7.88. The number of esters is 1. The summed E-state index contributed by atoms with van der Waals surface area (Å²) in [5.41, 5.74) is 2.26. The van der Waals surface area contributed by atoms with Gasteiger partial charge in [0.05, 0.1) is 7.11 Å². The first kappa shape index (κ1) is 15.7. The Kier molecular flexibility index (Phi) is 4.56. The van der Waals surface area contributed by atoms with Crippen LogP contribution in [0.2, 0.25) is 0 Å². The molecule has 6 nitrogen and oxygen atoms in total. The van der Waals surface area contributed by atoms with Crippen LogP contribution in [0, 0.1) is 6.92 Å². The van der Waals surface area contributed by atoms with Crippen LogP contribution in [0.15, 0.2) is 52.9 Å². The SMILES string of the molecule is COc1ccccc1C(=O)OCc1nnc(-c2cccc(C)c2)o1. The Morgan fingerprint density at radius 2 is 1.96 bits per heavy atom. The minimum atomic E-state index is -0.511. The van der Waals surface area contributed by atoms with E-state index in [1.165, 1.54) is 7.11 Å². The number of ether oxygens (including phenoxy) is 2. The summed E-state index contributed by atoms with van der Waals surface area (Å²) in [4.78, 5) is 12.1. The van der Waals surface area contributed by atoms with Gasteiger partial charge >= 0.3 is 5.97 Å². The van der Waals surface area contributed by atoms with Gasteiger partial charge in [0, 0.05) is 5.56 Å². The van der Waals surface area contributed by atoms with E-state index in [1.54, 1.807) is 24.3 Å². The van der Waals surface area contributed by atoms with Crippen molar-refractivity contribution in [1.82, 2.24) is 10.2 Å². The monoisotopic (exact) mass is 324 g/mol. The van der Waals surface area contributed by atoms with Crippen molar-refractivity contribution in [3.63, 3.8) is 0 Å². The molecule has 0 aliphatic rings. The van der Waals surface area contributed by atoms with Crippen LogP contribution in [0.3, 0.4) is 0 Å². The molecule has 3 rings (SSSR count). The van der Waals surface area contributed by atoms with Crippen molar-refractivity contribution in [2.75, 3.05) is 7.11 Å². The number of hydrogen-bond donors (Lipinski definition) is 0. The fourth-order valence-corrected chi connectivity index (χ4v) is 2.22. The number of carbonyl (C=O) groups is 1. The van der Waals surface area contributed by atoms with Crippen LogP contribution in [0.4, 0.5) is 0 Å². The first-order valence-corrected chi connectivity index (χ1v) is 7.37. The molecule has 0 N–H and O–H groups in total. The molecular weight excluding hydrogens is 308 g/mol. The molecule has 0 aliphatic heterocycles. The molecule has 0 saturated carbocycles. The van der Waals surface area contributed by atoms with Crippen molar-refractivity contribution in [2.45, 2.75) is 13.5 Å². The molecule has 1 aromatic heterocycles. The number of aryl methyl sites for hydroxylation is 1. The fourth-order valence-electron chi connectivity index (χ4n) is 2.22. The van der Waals surface area contributed by atoms with E-state index >= 15 is 0 Å². The Balaban J connectivity index is 1.68. The van der Waals surface area contributed by atoms with E-state index in [4.69, 9.17) is 13.9 Å². The number of carbonyl (C=O) groups excluding carboxylic acids is 1. The van der Waals surface area contributed by atoms with Crippen molar-refractivity contribution in [2.24, 2.45) is 0 Å². The second kappa shape index (κ2) is 6.95. The van der Waals surface area contributed by atoms with Crippen LogP contribution >= 0.6 is 0 Å². The lowest BCUT2D eigenvalue weighted by Gasteiger charge is -2.06. The number of aromatic nitrogens is 2. The zero-order valence-corrected chi connectivity index (χ0v) is 13.4. The Morgan fingerprint density at radius 3 is 2.75 bits per heavy atom. The predicted molar refractivity (Wildman–Crippen MR) is 86.6 cm³/mol. The third-order valence-electron chi connectivity index (χ3n) is 3.39. The zero-order valence-electron chi connectivity index (χ0n) is 13.4. The van der Waals surface area contributed by atoms with Gasteiger partial charge in [0.1, 0.15) is 11.3 Å². The molecule has 0 radical (unpaired) electrons. The van der Waals surface area contributed by atoms with Gasteiger partial charge in [-0.2, -0.15) is 0 Å². The lowest BCUT2D eigenvalue weighted by molar-refractivity contribution is 0.0435. The minimum absolute atomic E-state index is 0.101. The van der Waals surface area contributed by atoms with Gasteiger partial charge in [-0.1, -0.05) is 29.8 Å². The van der Waals surface area contributed by atoms with Crippen molar-refractivity contribution in [1.29, 1.82) is 0 Å². The topological polar surface area (TPSA) is 74.5 Å². The minimum Gasteiger partial charge on any atom is -0.496 e. The van der Waals surface area contributed by atoms with E-state index in [-0.39, 0.29) is 12.5 Å². The summed E-state index contributed by atoms with van der Waals surface area (Å²) < 4.78 is 15.9. The van der Waals surface area contributed by atoms with Crippen LogP contribution in [0.5, 0.6) is 5.75 Å². The fraction of sp³-hybridized carbons (Fsp3) is 0.167. The zero-order chi connectivity index (χ0) is 16.9. The first-order chi connectivity index (χ1) is 11.7. The average molecular weight is 324 g/mol. The molecule has 0 atom stereocenters. The Morgan fingerprint density at radius 1 is 1.12 bits per heavy atom. The van der Waals surface area contributed by atoms with Crippen molar-refractivity contribution < 1.29 is 18.7 Å². The van der Waals surface area contributed by atoms with Crippen molar-refractivity contribution in [3.05, 3.63) is 65.5 Å². The predicted octanol–water partition coefficient (Wildman–Crippen LogP) is 3.41. The van der Waals surface area contributed by atoms with Crippen LogP contribution in [-0.2, 0) is 11.3 Å². The van der Waals surface area contributed by atoms with Gasteiger partial charge in [0.2, 0.25) is 5.89 Å². The van der Waals surface area contributed by atoms with Gasteiger partial charge < -0.3 is 13.9 Å². The van der Waals surface area contributed by atoms with Gasteiger partial charge in [-0.25, -0.2) is 4.79 Å². The molecule has 24 heavy (non-hydrogen) atoms. The maximum atomic E-state index is 12.1. The molecule has 122 valence electrons. The molecule has 0 fully saturated rings. The van der Waals surface area contributed by atoms with Gasteiger partial charge in [-0.05, 0) is 31.2 Å². The molecule has 0 unspecified atom stereocenters. The summed E-state index contributed by atoms with van der Waals surface area (Å²) in [7, 11) is 1.50. The number of nitrogens with zero attached hydrogens (tertiary/aromatic N) is 2. The summed E-state index contributed by atoms with van der Waals surface area (Å²) in [6.07, 6.45) is 0. The normalized spacial score (nSPS) is 10.4. The molecule has 0 spiro atoms. The second-order valence-electron chi connectivity index (χ2n) is 5.15. The van der Waals surface area contributed by atoms with E-state index in [0.717, 1.165) is 11.1 Å². The van der Waals surface area contributed by atoms with E-state index in [1.807, 2.05) is 31.2 Å². The van der Waals surface area contributed by atoms with Crippen LogP contribution in [-0.4, -0.2) is 23.3 Å². The van der Waals surface area contributed by atoms with Crippen LogP contribution < -0.4 is 4.74 Å². The van der Waals surface area contributed by atoms with E-state index < -0.39 is 5.97 Å². The summed E-state index contributed by atoms with van der Waals surface area (Å²) >= 11 is 0. The summed E-state index contributed by atoms with van der Waals surface area (Å²) in [6, 6.07) is 14.6. The highest BCUT2D eigenvalue weighted by Gasteiger charge is 2.15. The molecule has 0 aliphatic carbocycles. The number of benzene rings is 2. The van der Waals surface area contributed by atoms with Gasteiger partial charge in [0.25, 0.3) is 5.89 Å². The largest absolute Gasteiger partial charge is 0.496 e. The molecule has 1 heterocycles. The number of rotatable bonds is 5. The summed E-state index contributed by atoms with van der Waals surface area (Å²) in [5.74, 6) is 0.563. The van der Waals surface area contributed by atoms with Crippen molar-refractivity contribution >= 4 is 5.97 Å². The standard InChI is InChI=1S/C18H16N2O4/c1-12-6-5-7-13(10-12)17-20-19-16(24-17)11-23-18(21)14-8-3-4-9-15(14)22-2/h3-10H,11H2,1-2H3. The molecular formula is C18H16N2O4. The Hall–Kier alpha value is -3.15. The third-order valence-corrected chi connectivity index (χ3v) is 3.39. The van der Waals surface area contributed by atoms with Crippen LogP contribution in [0.1, 0.15) is 21.8 Å². The molecule has 0 bridgehead atoms. The smallest absolute Gasteiger partial charge is 0.342 e. The third kappa shape index (κ3) is 3.43. The highest BCUT2D eigenvalue weighted by molar-refractivity contribution is 5.92. The Bertz CT molecular complexity index is 857. The number of hydrogen-bond acceptors (Lipinski definition) is 6. The molecule has 2 aromatic carbocycles. The maximum absolute atomic E-state index is 12.1. The van der Waals surface area contributed by atoms with Gasteiger partial charge in [-0.15, -0.1) is 10.2 Å². The van der Waals surface area contributed by atoms with E-state index in [9.17, 15) is 4.79 Å². The van der Waals surface area contributed by atoms with Gasteiger partial charge in [-0.3, -0.25) is 0 Å². The highest BCUT2D eigenvalue weighted by atomic mass is 16.5. The first-order valence-electron chi connectivity index (χ1n) is 7.37. The quantitative estimate of drug-likeness (QED) is 0.670. The Labute approximate surface area is 139 Å². The summed E-state index contributed by atoms with van der Waals surface area (Å²) in [6.45, 7) is 1.88. The number of para-hydroxylation sites is 1. The van der Waals surface area contributed by atoms with E-state index in [0.29, 0.717) is 17.2 Å². The second-order valence-corrected chi connectivity index (χ2v) is 5.15. The molecule has 3 aromatic rings. The average Bonchev–Trinajstić information content (AvgIpc) is 3.08. The van der Waals surface area contributed by atoms with Gasteiger partial charge in [0.15, 0.2) is 6.61 Å². The lowest BCUT2D eigenvalue weighted by Crippen LogP contribution is -2.07. The molecule has 0 amide bonds. The maximum Gasteiger partial charge on any atom is 0.342 e. The van der Waals surface area contributed by atoms with Crippen LogP contribution in [0.25, 0.3) is 11.5 Å². The molecule has 0 saturated heterocycles. The lowest BCUT2D eigenvalue weighted by atomic mass is 10.1. The van der Waals surface area contributed by atoms with Crippen molar-refractivity contribution in [3.8, 4) is 17.2 Å². The van der Waals surface area contributed by atoms with E-state index in [2.05, 4.69) is 10.2 Å². The number of methoxy groups -OCH3 is 1.